The van der Waals surface area contributed by atoms with Crippen molar-refractivity contribution in [2.45, 2.75) is 26.4 Å². The number of rotatable bonds is 5. The van der Waals surface area contributed by atoms with Gasteiger partial charge >= 0.3 is 0 Å². The number of phenolic OH excluding ortho intramolecular Hbond substituents is 3. The van der Waals surface area contributed by atoms with Gasteiger partial charge < -0.3 is 20.6 Å². The molecule has 0 amide bonds. The van der Waals surface area contributed by atoms with Crippen molar-refractivity contribution in [3.63, 3.8) is 0 Å². The smallest absolute Gasteiger partial charge is 0.200 e. The van der Waals surface area contributed by atoms with Crippen molar-refractivity contribution >= 4 is 11.3 Å². The van der Waals surface area contributed by atoms with E-state index in [9.17, 15) is 15.3 Å². The average Bonchev–Trinajstić information content (AvgIpc) is 2.87. The van der Waals surface area contributed by atoms with Crippen molar-refractivity contribution in [1.82, 2.24) is 10.3 Å². The number of phenols is 3. The second kappa shape index (κ2) is 5.90. The molecule has 5 nitrogen and oxygen atoms in total. The maximum atomic E-state index is 9.65. The van der Waals surface area contributed by atoms with Crippen LogP contribution >= 0.6 is 11.3 Å². The number of hydrogen-bond acceptors (Lipinski definition) is 6. The van der Waals surface area contributed by atoms with E-state index in [2.05, 4.69) is 17.2 Å². The summed E-state index contributed by atoms with van der Waals surface area (Å²) in [7, 11) is 0. The molecule has 0 fully saturated rings. The van der Waals surface area contributed by atoms with E-state index in [1.54, 1.807) is 17.4 Å². The number of aryl methyl sites for hydroxylation is 1. The van der Waals surface area contributed by atoms with Gasteiger partial charge in [-0.2, -0.15) is 0 Å². The average molecular weight is 280 g/mol. The topological polar surface area (TPSA) is 85.6 Å². The number of nitrogens with zero attached hydrogens (tertiary/aromatic N) is 1. The van der Waals surface area contributed by atoms with Gasteiger partial charge in [0.25, 0.3) is 0 Å². The molecule has 0 radical (unpaired) electrons. The molecule has 2 rings (SSSR count). The molecule has 1 heterocycles. The molecule has 0 aliphatic heterocycles. The fourth-order valence-corrected chi connectivity index (χ4v) is 2.48. The lowest BCUT2D eigenvalue weighted by Crippen LogP contribution is -2.12. The van der Waals surface area contributed by atoms with Gasteiger partial charge in [-0.25, -0.2) is 4.98 Å². The zero-order valence-corrected chi connectivity index (χ0v) is 11.4. The Bertz CT molecular complexity index is 569. The van der Waals surface area contributed by atoms with Crippen LogP contribution in [0.2, 0.25) is 0 Å². The lowest BCUT2D eigenvalue weighted by molar-refractivity contribution is 0.364. The summed E-state index contributed by atoms with van der Waals surface area (Å²) in [5.41, 5.74) is 0.530. The normalized spacial score (nSPS) is 10.8. The van der Waals surface area contributed by atoms with Gasteiger partial charge in [0.2, 0.25) is 5.75 Å². The molecule has 0 aliphatic carbocycles. The van der Waals surface area contributed by atoms with E-state index in [1.807, 2.05) is 6.20 Å². The molecule has 0 saturated heterocycles. The molecule has 0 unspecified atom stereocenters. The Morgan fingerprint density at radius 1 is 1.16 bits per heavy atom. The third kappa shape index (κ3) is 3.15. The molecule has 4 N–H and O–H groups in total. The standard InChI is InChI=1S/C13H16N2O3S/c1-2-9-6-15-11(19-9)7-14-5-8-3-4-10(16)13(18)12(8)17/h3-4,6,14,16-18H,2,5,7H2,1H3. The molecule has 0 aliphatic rings. The number of benzene rings is 1. The second-order valence-corrected chi connectivity index (χ2v) is 5.32. The quantitative estimate of drug-likeness (QED) is 0.630. The molecule has 0 spiro atoms. The van der Waals surface area contributed by atoms with Gasteiger partial charge in [0.1, 0.15) is 5.01 Å². The molecule has 102 valence electrons. The van der Waals surface area contributed by atoms with Crippen LogP contribution in [-0.4, -0.2) is 20.3 Å². The summed E-state index contributed by atoms with van der Waals surface area (Å²) in [5, 5.41) is 32.4. The predicted molar refractivity (Wildman–Crippen MR) is 73.5 cm³/mol. The maximum absolute atomic E-state index is 9.65. The van der Waals surface area contributed by atoms with Gasteiger partial charge in [-0.1, -0.05) is 13.0 Å². The molecule has 19 heavy (non-hydrogen) atoms. The highest BCUT2D eigenvalue weighted by molar-refractivity contribution is 7.11. The first-order valence-electron chi connectivity index (χ1n) is 5.99. The first kappa shape index (κ1) is 13.6. The van der Waals surface area contributed by atoms with Gasteiger partial charge in [-0.05, 0) is 12.5 Å². The minimum atomic E-state index is -0.484. The molecule has 0 bridgehead atoms. The zero-order chi connectivity index (χ0) is 13.8. The monoisotopic (exact) mass is 280 g/mol. The molecule has 1 aromatic heterocycles. The Labute approximate surface area is 115 Å². The van der Waals surface area contributed by atoms with Crippen molar-refractivity contribution in [2.75, 3.05) is 0 Å². The number of aromatic hydroxyl groups is 3. The maximum Gasteiger partial charge on any atom is 0.200 e. The van der Waals surface area contributed by atoms with Crippen LogP contribution < -0.4 is 5.32 Å². The van der Waals surface area contributed by atoms with Gasteiger partial charge in [0.05, 0.1) is 0 Å². The Morgan fingerprint density at radius 3 is 2.63 bits per heavy atom. The summed E-state index contributed by atoms with van der Waals surface area (Å²) in [6.07, 6.45) is 2.84. The van der Waals surface area contributed by atoms with Crippen molar-refractivity contribution in [2.24, 2.45) is 0 Å². The summed E-state index contributed by atoms with van der Waals surface area (Å²) in [5.74, 6) is -1.10. The molecule has 0 saturated carbocycles. The highest BCUT2D eigenvalue weighted by Crippen LogP contribution is 2.36. The SMILES string of the molecule is CCc1cnc(CNCc2ccc(O)c(O)c2O)s1. The van der Waals surface area contributed by atoms with Crippen LogP contribution in [0.1, 0.15) is 22.4 Å². The number of aromatic nitrogens is 1. The van der Waals surface area contributed by atoms with Crippen molar-refractivity contribution in [1.29, 1.82) is 0 Å². The lowest BCUT2D eigenvalue weighted by atomic mass is 10.1. The first-order chi connectivity index (χ1) is 9.11. The summed E-state index contributed by atoms with van der Waals surface area (Å²) in [4.78, 5) is 5.51. The van der Waals surface area contributed by atoms with E-state index in [0.29, 0.717) is 18.7 Å². The highest BCUT2D eigenvalue weighted by Gasteiger charge is 2.10. The second-order valence-electron chi connectivity index (χ2n) is 4.12. The minimum absolute atomic E-state index is 0.291. The van der Waals surface area contributed by atoms with Crippen LogP contribution in [0.15, 0.2) is 18.3 Å². The summed E-state index contributed by atoms with van der Waals surface area (Å²) in [6, 6.07) is 2.92. The number of hydrogen-bond donors (Lipinski definition) is 4. The molecular weight excluding hydrogens is 264 g/mol. The summed E-state index contributed by atoms with van der Waals surface area (Å²) < 4.78 is 0. The zero-order valence-electron chi connectivity index (χ0n) is 10.6. The van der Waals surface area contributed by atoms with Gasteiger partial charge in [0, 0.05) is 29.7 Å². The summed E-state index contributed by atoms with van der Waals surface area (Å²) in [6.45, 7) is 3.08. The Morgan fingerprint density at radius 2 is 1.95 bits per heavy atom. The van der Waals surface area contributed by atoms with Gasteiger partial charge in [-0.3, -0.25) is 0 Å². The predicted octanol–water partition coefficient (Wildman–Crippen LogP) is 2.11. The highest BCUT2D eigenvalue weighted by atomic mass is 32.1. The largest absolute Gasteiger partial charge is 0.504 e. The Kier molecular flexibility index (Phi) is 4.24. The van der Waals surface area contributed by atoms with E-state index in [1.165, 1.54) is 10.9 Å². The van der Waals surface area contributed by atoms with Crippen molar-refractivity contribution in [3.05, 3.63) is 33.8 Å². The van der Waals surface area contributed by atoms with Crippen LogP contribution in [0, 0.1) is 0 Å². The van der Waals surface area contributed by atoms with Crippen molar-refractivity contribution < 1.29 is 15.3 Å². The fourth-order valence-electron chi connectivity index (χ4n) is 1.65. The fraction of sp³-hybridized carbons (Fsp3) is 0.308. The van der Waals surface area contributed by atoms with Crippen LogP contribution in [-0.2, 0) is 19.5 Å². The van der Waals surface area contributed by atoms with E-state index in [4.69, 9.17) is 0 Å². The summed E-state index contributed by atoms with van der Waals surface area (Å²) >= 11 is 1.65. The van der Waals surface area contributed by atoms with Crippen LogP contribution in [0.25, 0.3) is 0 Å². The molecule has 1 aromatic carbocycles. The van der Waals surface area contributed by atoms with E-state index in [0.717, 1.165) is 11.4 Å². The van der Waals surface area contributed by atoms with E-state index >= 15 is 0 Å². The number of nitrogens with one attached hydrogen (secondary N) is 1. The van der Waals surface area contributed by atoms with E-state index in [-0.39, 0.29) is 11.5 Å². The lowest BCUT2D eigenvalue weighted by Gasteiger charge is -2.08. The Balaban J connectivity index is 1.94. The van der Waals surface area contributed by atoms with Crippen LogP contribution in [0.5, 0.6) is 17.2 Å². The minimum Gasteiger partial charge on any atom is -0.504 e. The van der Waals surface area contributed by atoms with Crippen molar-refractivity contribution in [3.8, 4) is 17.2 Å². The van der Waals surface area contributed by atoms with Gasteiger partial charge in [-0.15, -0.1) is 11.3 Å². The third-order valence-corrected chi connectivity index (χ3v) is 3.90. The van der Waals surface area contributed by atoms with E-state index < -0.39 is 5.75 Å². The number of thiazole rings is 1. The van der Waals surface area contributed by atoms with Gasteiger partial charge in [0.15, 0.2) is 11.5 Å². The molecule has 2 aromatic rings. The van der Waals surface area contributed by atoms with Crippen LogP contribution in [0.4, 0.5) is 0 Å². The molecule has 0 atom stereocenters. The Hall–Kier alpha value is -1.79. The first-order valence-corrected chi connectivity index (χ1v) is 6.80. The molecule has 6 heteroatoms. The third-order valence-electron chi connectivity index (χ3n) is 2.76. The van der Waals surface area contributed by atoms with Crippen LogP contribution in [0.3, 0.4) is 0 Å². The molecular formula is C13H16N2O3S.